The van der Waals surface area contributed by atoms with E-state index in [1.165, 1.54) is 6.42 Å². The molecule has 0 saturated carbocycles. The van der Waals surface area contributed by atoms with Crippen LogP contribution in [0.4, 0.5) is 0 Å². The van der Waals surface area contributed by atoms with Crippen LogP contribution in [0.5, 0.6) is 0 Å². The molecule has 68 valence electrons. The van der Waals surface area contributed by atoms with Crippen molar-refractivity contribution < 1.29 is 4.74 Å². The molecule has 0 unspecified atom stereocenters. The van der Waals surface area contributed by atoms with Crippen molar-refractivity contribution in [2.45, 2.75) is 34.1 Å². The molecule has 1 nitrogen and oxygen atoms in total. The minimum absolute atomic E-state index is 0.736. The van der Waals surface area contributed by atoms with Gasteiger partial charge < -0.3 is 4.74 Å². The zero-order valence-corrected chi connectivity index (χ0v) is 8.55. The Morgan fingerprint density at radius 1 is 1.09 bits per heavy atom. The number of hydrogen-bond donors (Lipinski definition) is 0. The first-order chi connectivity index (χ1) is 5.07. The molecule has 0 spiro atoms. The minimum atomic E-state index is 0.736. The topological polar surface area (TPSA) is 9.23 Å². The summed E-state index contributed by atoms with van der Waals surface area (Å²) in [6.45, 7) is 9.99. The Balaban J connectivity index is 3.69. The fourth-order valence-electron chi connectivity index (χ4n) is 1.35. The third-order valence-corrected chi connectivity index (χ3v) is 2.10. The summed E-state index contributed by atoms with van der Waals surface area (Å²) in [4.78, 5) is 0. The number of rotatable bonds is 5. The summed E-state index contributed by atoms with van der Waals surface area (Å²) in [5, 5.41) is 0. The van der Waals surface area contributed by atoms with Gasteiger partial charge in [-0.2, -0.15) is 0 Å². The molecular weight excluding hydrogens is 136 g/mol. The lowest BCUT2D eigenvalue weighted by Crippen LogP contribution is -2.17. The van der Waals surface area contributed by atoms with Crippen LogP contribution in [0.25, 0.3) is 0 Å². The van der Waals surface area contributed by atoms with Crippen molar-refractivity contribution in [2.24, 2.45) is 17.8 Å². The van der Waals surface area contributed by atoms with Crippen LogP contribution < -0.4 is 0 Å². The average molecular weight is 158 g/mol. The maximum atomic E-state index is 5.17. The molecule has 0 bridgehead atoms. The van der Waals surface area contributed by atoms with Crippen LogP contribution in [0.15, 0.2) is 0 Å². The highest BCUT2D eigenvalue weighted by Crippen LogP contribution is 2.19. The van der Waals surface area contributed by atoms with E-state index in [2.05, 4.69) is 27.7 Å². The Hall–Kier alpha value is -0.0400. The van der Waals surface area contributed by atoms with E-state index >= 15 is 0 Å². The Bertz CT molecular complexity index is 86.9. The molecule has 0 aromatic carbocycles. The largest absolute Gasteiger partial charge is 0.384 e. The van der Waals surface area contributed by atoms with E-state index in [9.17, 15) is 0 Å². The molecule has 0 saturated heterocycles. The van der Waals surface area contributed by atoms with Gasteiger partial charge >= 0.3 is 0 Å². The Morgan fingerprint density at radius 2 is 1.64 bits per heavy atom. The van der Waals surface area contributed by atoms with E-state index in [1.54, 1.807) is 7.11 Å². The van der Waals surface area contributed by atoms with Crippen LogP contribution in [0.1, 0.15) is 34.1 Å². The van der Waals surface area contributed by atoms with Crippen LogP contribution in [0, 0.1) is 17.8 Å². The Labute approximate surface area is 71.1 Å². The minimum Gasteiger partial charge on any atom is -0.384 e. The SMILES string of the molecule is COC[C@@H](CC(C)C)C(C)C. The van der Waals surface area contributed by atoms with Crippen molar-refractivity contribution >= 4 is 0 Å². The summed E-state index contributed by atoms with van der Waals surface area (Å²) in [5.41, 5.74) is 0. The van der Waals surface area contributed by atoms with E-state index in [4.69, 9.17) is 4.74 Å². The van der Waals surface area contributed by atoms with Crippen molar-refractivity contribution in [3.05, 3.63) is 0 Å². The maximum absolute atomic E-state index is 5.17. The van der Waals surface area contributed by atoms with Crippen LogP contribution in [0.3, 0.4) is 0 Å². The first kappa shape index (κ1) is 11.0. The van der Waals surface area contributed by atoms with Crippen LogP contribution >= 0.6 is 0 Å². The second kappa shape index (κ2) is 5.59. The van der Waals surface area contributed by atoms with Gasteiger partial charge in [0.1, 0.15) is 0 Å². The summed E-state index contributed by atoms with van der Waals surface area (Å²) in [6, 6.07) is 0. The first-order valence-electron chi connectivity index (χ1n) is 4.56. The first-order valence-corrected chi connectivity index (χ1v) is 4.56. The predicted molar refractivity (Wildman–Crippen MR) is 49.7 cm³/mol. The lowest BCUT2D eigenvalue weighted by Gasteiger charge is -2.21. The molecule has 0 heterocycles. The smallest absolute Gasteiger partial charge is 0.0493 e. The fourth-order valence-corrected chi connectivity index (χ4v) is 1.35. The van der Waals surface area contributed by atoms with Gasteiger partial charge in [0.15, 0.2) is 0 Å². The van der Waals surface area contributed by atoms with Gasteiger partial charge in [0.25, 0.3) is 0 Å². The summed E-state index contributed by atoms with van der Waals surface area (Å²) < 4.78 is 5.17. The fraction of sp³-hybridized carbons (Fsp3) is 1.00. The van der Waals surface area contributed by atoms with E-state index < -0.39 is 0 Å². The highest BCUT2D eigenvalue weighted by atomic mass is 16.5. The normalized spacial score (nSPS) is 14.5. The van der Waals surface area contributed by atoms with Gasteiger partial charge in [0.05, 0.1) is 0 Å². The average Bonchev–Trinajstić information content (AvgIpc) is 1.86. The van der Waals surface area contributed by atoms with Crippen LogP contribution in [0.2, 0.25) is 0 Å². The van der Waals surface area contributed by atoms with Crippen molar-refractivity contribution in [3.63, 3.8) is 0 Å². The zero-order chi connectivity index (χ0) is 8.85. The van der Waals surface area contributed by atoms with E-state index in [-0.39, 0.29) is 0 Å². The maximum Gasteiger partial charge on any atom is 0.0493 e. The molecule has 0 radical (unpaired) electrons. The van der Waals surface area contributed by atoms with Gasteiger partial charge in [0, 0.05) is 13.7 Å². The Morgan fingerprint density at radius 3 is 1.91 bits per heavy atom. The molecule has 11 heavy (non-hydrogen) atoms. The standard InChI is InChI=1S/C10H22O/c1-8(2)6-10(7-11-5)9(3)4/h8-10H,6-7H2,1-5H3/t10-/m1/s1. The van der Waals surface area contributed by atoms with Crippen LogP contribution in [-0.2, 0) is 4.74 Å². The van der Waals surface area contributed by atoms with Gasteiger partial charge in [0.2, 0.25) is 0 Å². The molecule has 0 aliphatic carbocycles. The molecule has 0 N–H and O–H groups in total. The molecular formula is C10H22O. The zero-order valence-electron chi connectivity index (χ0n) is 8.55. The number of hydrogen-bond acceptors (Lipinski definition) is 1. The summed E-state index contributed by atoms with van der Waals surface area (Å²) in [6.07, 6.45) is 1.28. The molecule has 0 fully saturated rings. The van der Waals surface area contributed by atoms with Crippen molar-refractivity contribution in [1.29, 1.82) is 0 Å². The van der Waals surface area contributed by atoms with Crippen molar-refractivity contribution in [2.75, 3.05) is 13.7 Å². The van der Waals surface area contributed by atoms with Gasteiger partial charge in [-0.25, -0.2) is 0 Å². The summed E-state index contributed by atoms with van der Waals surface area (Å²) >= 11 is 0. The monoisotopic (exact) mass is 158 g/mol. The lowest BCUT2D eigenvalue weighted by atomic mass is 9.88. The van der Waals surface area contributed by atoms with Crippen LogP contribution in [-0.4, -0.2) is 13.7 Å². The van der Waals surface area contributed by atoms with E-state index in [0.717, 1.165) is 24.4 Å². The summed E-state index contributed by atoms with van der Waals surface area (Å²) in [5.74, 6) is 2.27. The second-order valence-electron chi connectivity index (χ2n) is 4.09. The molecule has 0 aromatic heterocycles. The van der Waals surface area contributed by atoms with Crippen molar-refractivity contribution in [1.82, 2.24) is 0 Å². The molecule has 0 rings (SSSR count). The third kappa shape index (κ3) is 5.25. The Kier molecular flexibility index (Phi) is 5.57. The number of methoxy groups -OCH3 is 1. The lowest BCUT2D eigenvalue weighted by molar-refractivity contribution is 0.116. The molecule has 1 heteroatoms. The van der Waals surface area contributed by atoms with Gasteiger partial charge in [-0.1, -0.05) is 27.7 Å². The van der Waals surface area contributed by atoms with E-state index in [1.807, 2.05) is 0 Å². The highest BCUT2D eigenvalue weighted by molar-refractivity contribution is 4.63. The second-order valence-corrected chi connectivity index (χ2v) is 4.09. The quantitative estimate of drug-likeness (QED) is 0.597. The van der Waals surface area contributed by atoms with Crippen molar-refractivity contribution in [3.8, 4) is 0 Å². The highest BCUT2D eigenvalue weighted by Gasteiger charge is 2.14. The molecule has 0 amide bonds. The molecule has 1 atom stereocenters. The van der Waals surface area contributed by atoms with Gasteiger partial charge in [-0.05, 0) is 24.2 Å². The molecule has 0 aliphatic heterocycles. The molecule has 0 aliphatic rings. The van der Waals surface area contributed by atoms with E-state index in [0.29, 0.717) is 0 Å². The van der Waals surface area contributed by atoms with Gasteiger partial charge in [-0.3, -0.25) is 0 Å². The van der Waals surface area contributed by atoms with Gasteiger partial charge in [-0.15, -0.1) is 0 Å². The third-order valence-electron chi connectivity index (χ3n) is 2.10. The molecule has 0 aromatic rings. The number of ether oxygens (including phenoxy) is 1. The summed E-state index contributed by atoms with van der Waals surface area (Å²) in [7, 11) is 1.79. The predicted octanol–water partition coefficient (Wildman–Crippen LogP) is 2.95.